The van der Waals surface area contributed by atoms with Crippen LogP contribution in [0.3, 0.4) is 0 Å². The first kappa shape index (κ1) is 12.4. The van der Waals surface area contributed by atoms with Crippen LogP contribution in [0.5, 0.6) is 0 Å². The second-order valence-corrected chi connectivity index (χ2v) is 4.65. The fourth-order valence-electron chi connectivity index (χ4n) is 2.02. The molecule has 0 N–H and O–H groups in total. The molecule has 1 heteroatoms. The molecule has 0 spiro atoms. The van der Waals surface area contributed by atoms with Gasteiger partial charge in [0.2, 0.25) is 0 Å². The summed E-state index contributed by atoms with van der Waals surface area (Å²) in [5.41, 5.74) is 3.01. The summed E-state index contributed by atoms with van der Waals surface area (Å²) < 4.78 is 2.44. The molecular formula is C14H25N. The molecule has 15 heavy (non-hydrogen) atoms. The molecule has 1 rings (SSSR count). The second kappa shape index (κ2) is 5.99. The van der Waals surface area contributed by atoms with Gasteiger partial charge >= 0.3 is 0 Å². The third-order valence-electron chi connectivity index (χ3n) is 2.99. The van der Waals surface area contributed by atoms with Gasteiger partial charge in [-0.1, -0.05) is 26.7 Å². The molecule has 0 saturated heterocycles. The lowest BCUT2D eigenvalue weighted by Crippen LogP contribution is -2.04. The first-order valence-electron chi connectivity index (χ1n) is 6.38. The second-order valence-electron chi connectivity index (χ2n) is 4.65. The highest BCUT2D eigenvalue weighted by atomic mass is 15.0. The summed E-state index contributed by atoms with van der Waals surface area (Å²) >= 11 is 0. The van der Waals surface area contributed by atoms with Crippen molar-refractivity contribution >= 4 is 0 Å². The highest BCUT2D eigenvalue weighted by molar-refractivity contribution is 5.19. The quantitative estimate of drug-likeness (QED) is 0.611. The van der Waals surface area contributed by atoms with Crippen LogP contribution in [-0.4, -0.2) is 4.57 Å². The zero-order chi connectivity index (χ0) is 11.3. The Balaban J connectivity index is 2.70. The molecule has 1 nitrogen and oxygen atoms in total. The highest BCUT2D eigenvalue weighted by Crippen LogP contribution is 2.17. The van der Waals surface area contributed by atoms with E-state index in [0.717, 1.165) is 6.42 Å². The molecule has 0 atom stereocenters. The number of aryl methyl sites for hydroxylation is 2. The fourth-order valence-corrected chi connectivity index (χ4v) is 2.02. The van der Waals surface area contributed by atoms with Crippen LogP contribution in [0, 0.1) is 0 Å². The number of nitrogens with zero attached hydrogens (tertiary/aromatic N) is 1. The zero-order valence-electron chi connectivity index (χ0n) is 10.7. The largest absolute Gasteiger partial charge is 0.349 e. The SMILES string of the molecule is CCCCCc1cc(CC)cn1C(C)C. The molecular weight excluding hydrogens is 182 g/mol. The summed E-state index contributed by atoms with van der Waals surface area (Å²) in [6.07, 6.45) is 8.71. The third-order valence-corrected chi connectivity index (χ3v) is 2.99. The molecule has 1 aromatic heterocycles. The summed E-state index contributed by atoms with van der Waals surface area (Å²) in [4.78, 5) is 0. The molecule has 0 radical (unpaired) electrons. The molecule has 0 amide bonds. The minimum absolute atomic E-state index is 0.599. The van der Waals surface area contributed by atoms with Gasteiger partial charge in [0.25, 0.3) is 0 Å². The number of hydrogen-bond donors (Lipinski definition) is 0. The van der Waals surface area contributed by atoms with Crippen molar-refractivity contribution in [2.75, 3.05) is 0 Å². The molecule has 1 aromatic rings. The van der Waals surface area contributed by atoms with Crippen molar-refractivity contribution in [2.24, 2.45) is 0 Å². The van der Waals surface area contributed by atoms with Crippen molar-refractivity contribution in [1.29, 1.82) is 0 Å². The first-order chi connectivity index (χ1) is 7.19. The monoisotopic (exact) mass is 207 g/mol. The number of aromatic nitrogens is 1. The van der Waals surface area contributed by atoms with E-state index in [1.807, 2.05) is 0 Å². The van der Waals surface area contributed by atoms with E-state index < -0.39 is 0 Å². The van der Waals surface area contributed by atoms with Crippen molar-refractivity contribution in [3.8, 4) is 0 Å². The number of rotatable bonds is 6. The van der Waals surface area contributed by atoms with E-state index in [-0.39, 0.29) is 0 Å². The molecule has 1 heterocycles. The average molecular weight is 207 g/mol. The van der Waals surface area contributed by atoms with E-state index in [1.54, 1.807) is 0 Å². The van der Waals surface area contributed by atoms with Gasteiger partial charge < -0.3 is 4.57 Å². The Morgan fingerprint density at radius 1 is 1.20 bits per heavy atom. The molecule has 86 valence electrons. The number of unbranched alkanes of at least 4 members (excludes halogenated alkanes) is 2. The summed E-state index contributed by atoms with van der Waals surface area (Å²) in [5.74, 6) is 0. The van der Waals surface area contributed by atoms with Crippen LogP contribution in [0.25, 0.3) is 0 Å². The van der Waals surface area contributed by atoms with Crippen LogP contribution >= 0.6 is 0 Å². The molecule has 0 aliphatic rings. The fraction of sp³-hybridized carbons (Fsp3) is 0.714. The van der Waals surface area contributed by atoms with Gasteiger partial charge in [0.1, 0.15) is 0 Å². The van der Waals surface area contributed by atoms with E-state index in [2.05, 4.69) is 44.5 Å². The zero-order valence-corrected chi connectivity index (χ0v) is 10.7. The van der Waals surface area contributed by atoms with E-state index in [0.29, 0.717) is 6.04 Å². The van der Waals surface area contributed by atoms with E-state index in [9.17, 15) is 0 Å². The summed E-state index contributed by atoms with van der Waals surface area (Å²) in [6, 6.07) is 2.98. The van der Waals surface area contributed by atoms with Gasteiger partial charge in [-0.3, -0.25) is 0 Å². The van der Waals surface area contributed by atoms with Crippen molar-refractivity contribution in [3.63, 3.8) is 0 Å². The first-order valence-corrected chi connectivity index (χ1v) is 6.38. The van der Waals surface area contributed by atoms with Gasteiger partial charge in [-0.05, 0) is 44.7 Å². The Labute approximate surface area is 94.5 Å². The van der Waals surface area contributed by atoms with Gasteiger partial charge in [0.05, 0.1) is 0 Å². The van der Waals surface area contributed by atoms with E-state index >= 15 is 0 Å². The van der Waals surface area contributed by atoms with Crippen molar-refractivity contribution < 1.29 is 0 Å². The molecule has 0 saturated carbocycles. The molecule has 0 aliphatic heterocycles. The van der Waals surface area contributed by atoms with Crippen LogP contribution in [0.2, 0.25) is 0 Å². The smallest absolute Gasteiger partial charge is 0.0276 e. The van der Waals surface area contributed by atoms with E-state index in [1.165, 1.54) is 36.9 Å². The summed E-state index contributed by atoms with van der Waals surface area (Å²) in [6.45, 7) is 9.03. The minimum Gasteiger partial charge on any atom is -0.349 e. The third kappa shape index (κ3) is 3.40. The molecule has 0 unspecified atom stereocenters. The minimum atomic E-state index is 0.599. The van der Waals surface area contributed by atoms with E-state index in [4.69, 9.17) is 0 Å². The summed E-state index contributed by atoms with van der Waals surface area (Å²) in [7, 11) is 0. The predicted octanol–water partition coefficient (Wildman–Crippen LogP) is 4.36. The predicted molar refractivity (Wildman–Crippen MR) is 67.4 cm³/mol. The van der Waals surface area contributed by atoms with Gasteiger partial charge in [-0.25, -0.2) is 0 Å². The van der Waals surface area contributed by atoms with Crippen LogP contribution in [-0.2, 0) is 12.8 Å². The Kier molecular flexibility index (Phi) is 4.93. The molecule has 0 fully saturated rings. The van der Waals surface area contributed by atoms with Crippen molar-refractivity contribution in [1.82, 2.24) is 4.57 Å². The molecule has 0 aromatic carbocycles. The maximum atomic E-state index is 2.44. The Hall–Kier alpha value is -0.720. The summed E-state index contributed by atoms with van der Waals surface area (Å²) in [5, 5.41) is 0. The van der Waals surface area contributed by atoms with Crippen LogP contribution < -0.4 is 0 Å². The maximum absolute atomic E-state index is 2.44. The van der Waals surface area contributed by atoms with Crippen molar-refractivity contribution in [3.05, 3.63) is 23.5 Å². The Bertz CT molecular complexity index is 284. The Morgan fingerprint density at radius 3 is 2.47 bits per heavy atom. The van der Waals surface area contributed by atoms with Gasteiger partial charge in [-0.15, -0.1) is 0 Å². The molecule has 0 aliphatic carbocycles. The average Bonchev–Trinajstić information content (AvgIpc) is 2.62. The lowest BCUT2D eigenvalue weighted by molar-refractivity contribution is 0.563. The Morgan fingerprint density at radius 2 is 1.93 bits per heavy atom. The topological polar surface area (TPSA) is 4.93 Å². The van der Waals surface area contributed by atoms with Gasteiger partial charge in [-0.2, -0.15) is 0 Å². The van der Waals surface area contributed by atoms with Crippen molar-refractivity contribution in [2.45, 2.75) is 65.8 Å². The lowest BCUT2D eigenvalue weighted by atomic mass is 10.1. The van der Waals surface area contributed by atoms with Crippen LogP contribution in [0.4, 0.5) is 0 Å². The maximum Gasteiger partial charge on any atom is 0.0276 e. The van der Waals surface area contributed by atoms with Gasteiger partial charge in [0.15, 0.2) is 0 Å². The number of hydrogen-bond acceptors (Lipinski definition) is 0. The highest BCUT2D eigenvalue weighted by Gasteiger charge is 2.07. The lowest BCUT2D eigenvalue weighted by Gasteiger charge is -2.12. The standard InChI is InChI=1S/C14H25N/c1-5-7-8-9-14-10-13(6-2)11-15(14)12(3)4/h10-12H,5-9H2,1-4H3. The molecule has 0 bridgehead atoms. The van der Waals surface area contributed by atoms with Crippen LogP contribution in [0.15, 0.2) is 12.3 Å². The van der Waals surface area contributed by atoms with Crippen LogP contribution in [0.1, 0.15) is 64.3 Å². The normalized spacial score (nSPS) is 11.3. The van der Waals surface area contributed by atoms with Gasteiger partial charge in [0, 0.05) is 17.9 Å².